The van der Waals surface area contributed by atoms with E-state index < -0.39 is 0 Å². The fourth-order valence-electron chi connectivity index (χ4n) is 2.10. The van der Waals surface area contributed by atoms with Gasteiger partial charge in [0, 0.05) is 0 Å². The van der Waals surface area contributed by atoms with Crippen molar-refractivity contribution in [1.29, 1.82) is 0 Å². The first-order valence-corrected chi connectivity index (χ1v) is 5.68. The van der Waals surface area contributed by atoms with Gasteiger partial charge in [-0.15, -0.1) is 9.29 Å². The van der Waals surface area contributed by atoms with Crippen molar-refractivity contribution in [3.05, 3.63) is 0 Å². The molecule has 0 spiro atoms. The lowest BCUT2D eigenvalue weighted by Crippen LogP contribution is -2.63. The Morgan fingerprint density at radius 2 is 1.07 bits per heavy atom. The molecule has 0 unspecified atom stereocenters. The minimum absolute atomic E-state index is 0.663. The molecule has 2 aliphatic rings. The minimum atomic E-state index is 0.663. The van der Waals surface area contributed by atoms with E-state index in [-0.39, 0.29) is 0 Å². The van der Waals surface area contributed by atoms with E-state index in [0.717, 1.165) is 52.6 Å². The second kappa shape index (κ2) is 4.35. The Balaban J connectivity index is 1.93. The molecular weight excluding hydrogens is 196 g/mol. The molecule has 0 aromatic carbocycles. The molecule has 0 aromatic heterocycles. The highest BCUT2D eigenvalue weighted by atomic mass is 16.9. The number of hydrogen-bond acceptors (Lipinski definition) is 3. The summed E-state index contributed by atoms with van der Waals surface area (Å²) in [5, 5.41) is 0. The molecule has 0 bridgehead atoms. The van der Waals surface area contributed by atoms with Crippen LogP contribution in [0.1, 0.15) is 0 Å². The molecule has 0 saturated carbocycles. The largest absolute Gasteiger partial charge is 0.370 e. The number of hydroxylamine groups is 6. The highest BCUT2D eigenvalue weighted by molar-refractivity contribution is 4.41. The average Bonchev–Trinajstić information content (AvgIpc) is 2.18. The molecule has 0 amide bonds. The van der Waals surface area contributed by atoms with Crippen LogP contribution in [0, 0.1) is 0 Å². The molecule has 0 aromatic rings. The van der Waals surface area contributed by atoms with Gasteiger partial charge in [0.1, 0.15) is 40.3 Å². The summed E-state index contributed by atoms with van der Waals surface area (Å²) < 4.78 is 12.0. The van der Waals surface area contributed by atoms with Crippen molar-refractivity contribution < 1.29 is 23.7 Å². The van der Waals surface area contributed by atoms with Crippen LogP contribution in [0.2, 0.25) is 0 Å². The number of rotatable bonds is 2. The van der Waals surface area contributed by atoms with Crippen LogP contribution in [0.25, 0.3) is 0 Å². The lowest BCUT2D eigenvalue weighted by Gasteiger charge is -2.41. The normalized spacial score (nSPS) is 30.0. The summed E-state index contributed by atoms with van der Waals surface area (Å²) in [4.78, 5) is 6.22. The van der Waals surface area contributed by atoms with E-state index in [1.54, 1.807) is 0 Å². The Kier molecular flexibility index (Phi) is 3.27. The van der Waals surface area contributed by atoms with Crippen molar-refractivity contribution >= 4 is 0 Å². The van der Waals surface area contributed by atoms with E-state index in [4.69, 9.17) is 14.4 Å². The van der Waals surface area contributed by atoms with Crippen molar-refractivity contribution in [2.75, 3.05) is 66.7 Å². The van der Waals surface area contributed by atoms with Gasteiger partial charge in [-0.05, 0) is 4.94 Å². The maximum atomic E-state index is 6.22. The van der Waals surface area contributed by atoms with Crippen molar-refractivity contribution in [3.8, 4) is 0 Å². The first-order valence-electron chi connectivity index (χ1n) is 5.68. The molecule has 2 rings (SSSR count). The summed E-state index contributed by atoms with van der Waals surface area (Å²) in [6.45, 7) is 6.95. The van der Waals surface area contributed by atoms with Gasteiger partial charge in [-0.1, -0.05) is 0 Å². The number of morpholine rings is 2. The summed E-state index contributed by atoms with van der Waals surface area (Å²) in [6.07, 6.45) is 0. The zero-order valence-corrected chi connectivity index (χ0v) is 9.78. The zero-order valence-electron chi connectivity index (χ0n) is 9.78. The van der Waals surface area contributed by atoms with Gasteiger partial charge in [-0.3, -0.25) is 0 Å². The topological polar surface area (TPSA) is 27.7 Å². The van der Waals surface area contributed by atoms with Crippen LogP contribution in [-0.2, 0) is 14.4 Å². The van der Waals surface area contributed by atoms with E-state index in [9.17, 15) is 0 Å². The van der Waals surface area contributed by atoms with Gasteiger partial charge < -0.3 is 9.47 Å². The van der Waals surface area contributed by atoms with Crippen molar-refractivity contribution in [2.24, 2.45) is 0 Å². The lowest BCUT2D eigenvalue weighted by molar-refractivity contribution is -1.34. The van der Waals surface area contributed by atoms with Crippen molar-refractivity contribution in [3.63, 3.8) is 0 Å². The second-order valence-electron chi connectivity index (χ2n) is 4.79. The third kappa shape index (κ3) is 2.89. The average molecular weight is 218 g/mol. The van der Waals surface area contributed by atoms with Crippen LogP contribution in [0.4, 0.5) is 0 Å². The molecule has 0 atom stereocenters. The van der Waals surface area contributed by atoms with Crippen LogP contribution in [0.3, 0.4) is 0 Å². The second-order valence-corrected chi connectivity index (χ2v) is 4.79. The molecule has 0 radical (unpaired) electrons. The Hall–Kier alpha value is -0.200. The molecule has 0 N–H and O–H groups in total. The third-order valence-corrected chi connectivity index (χ3v) is 3.23. The van der Waals surface area contributed by atoms with Gasteiger partial charge in [-0.2, -0.15) is 0 Å². The minimum Gasteiger partial charge on any atom is -0.370 e. The summed E-state index contributed by atoms with van der Waals surface area (Å²) in [7, 11) is 4.28. The van der Waals surface area contributed by atoms with E-state index in [1.807, 2.05) is 0 Å². The van der Waals surface area contributed by atoms with Gasteiger partial charge in [0.25, 0.3) is 0 Å². The van der Waals surface area contributed by atoms with E-state index in [1.165, 1.54) is 0 Å². The standard InChI is InChI=1S/C10H22N2O3/c1-11(3-7-13-8-4-11)15-12(2)5-9-14-10-6-12/h3-10H2,1-2H3/q+2. The monoisotopic (exact) mass is 218 g/mol. The van der Waals surface area contributed by atoms with E-state index in [0.29, 0.717) is 9.29 Å². The predicted octanol–water partition coefficient (Wildman–Crippen LogP) is -0.213. The Morgan fingerprint density at radius 1 is 0.733 bits per heavy atom. The van der Waals surface area contributed by atoms with E-state index in [2.05, 4.69) is 14.1 Å². The summed E-state index contributed by atoms with van der Waals surface area (Å²) >= 11 is 0. The summed E-state index contributed by atoms with van der Waals surface area (Å²) in [6, 6.07) is 0. The lowest BCUT2D eigenvalue weighted by atomic mass is 10.4. The summed E-state index contributed by atoms with van der Waals surface area (Å²) in [5.41, 5.74) is 0. The predicted molar refractivity (Wildman–Crippen MR) is 54.6 cm³/mol. The maximum Gasteiger partial charge on any atom is 0.138 e. The van der Waals surface area contributed by atoms with Crippen molar-refractivity contribution in [1.82, 2.24) is 0 Å². The molecule has 5 heteroatoms. The van der Waals surface area contributed by atoms with Crippen LogP contribution in [0.15, 0.2) is 0 Å². The van der Waals surface area contributed by atoms with Crippen LogP contribution < -0.4 is 0 Å². The van der Waals surface area contributed by atoms with Gasteiger partial charge in [0.15, 0.2) is 0 Å². The highest BCUT2D eigenvalue weighted by Crippen LogP contribution is 2.17. The first-order chi connectivity index (χ1) is 7.12. The van der Waals surface area contributed by atoms with Crippen molar-refractivity contribution in [2.45, 2.75) is 0 Å². The number of ether oxygens (including phenoxy) is 2. The smallest absolute Gasteiger partial charge is 0.138 e. The molecule has 0 aliphatic carbocycles. The van der Waals surface area contributed by atoms with Gasteiger partial charge >= 0.3 is 0 Å². The number of likely N-dealkylation sites (N-methyl/N-ethyl adjacent to an activating group) is 2. The fourth-order valence-corrected chi connectivity index (χ4v) is 2.10. The number of quaternary nitrogens is 2. The van der Waals surface area contributed by atoms with Gasteiger partial charge in [0.2, 0.25) is 0 Å². The Morgan fingerprint density at radius 3 is 1.40 bits per heavy atom. The molecule has 15 heavy (non-hydrogen) atoms. The van der Waals surface area contributed by atoms with Crippen LogP contribution in [0.5, 0.6) is 0 Å². The molecule has 2 heterocycles. The Bertz CT molecular complexity index is 189. The molecule has 2 fully saturated rings. The quantitative estimate of drug-likeness (QED) is 0.600. The summed E-state index contributed by atoms with van der Waals surface area (Å²) in [5.74, 6) is 0. The molecule has 2 saturated heterocycles. The highest BCUT2D eigenvalue weighted by Gasteiger charge is 2.40. The van der Waals surface area contributed by atoms with Crippen LogP contribution in [-0.4, -0.2) is 76.0 Å². The molecular formula is C10H22N2O3+2. The molecule has 2 aliphatic heterocycles. The van der Waals surface area contributed by atoms with E-state index >= 15 is 0 Å². The van der Waals surface area contributed by atoms with Gasteiger partial charge in [-0.25, -0.2) is 0 Å². The SMILES string of the molecule is C[N+]1(O[N+]2(C)CCOCC2)CCOCC1. The van der Waals surface area contributed by atoms with Crippen LogP contribution >= 0.6 is 0 Å². The van der Waals surface area contributed by atoms with Gasteiger partial charge in [0.05, 0.1) is 26.4 Å². The molecule has 88 valence electrons. The zero-order chi connectivity index (χ0) is 10.8. The number of nitrogens with zero attached hydrogens (tertiary/aromatic N) is 2. The third-order valence-electron chi connectivity index (χ3n) is 3.23. The molecule has 5 nitrogen and oxygen atoms in total. The fraction of sp³-hybridized carbons (Fsp3) is 1.00. The maximum absolute atomic E-state index is 6.22. The Labute approximate surface area is 91.2 Å². The first kappa shape index (κ1) is 11.3. The number of hydrogen-bond donors (Lipinski definition) is 0.